The van der Waals surface area contributed by atoms with E-state index in [1.165, 1.54) is 0 Å². The molecule has 0 radical (unpaired) electrons. The standard InChI is InChI=1S/C13H8IN3O2/c14-10-12(18)16-11(17-13(10)19)9-6-15-5-7-3-1-2-4-8(7)9/h1-6H,(H2,16,17,18,19). The molecule has 0 saturated carbocycles. The second-order valence-electron chi connectivity index (χ2n) is 3.96. The second kappa shape index (κ2) is 4.61. The highest BCUT2D eigenvalue weighted by molar-refractivity contribution is 14.1. The van der Waals surface area contributed by atoms with E-state index in [1.54, 1.807) is 35.0 Å². The van der Waals surface area contributed by atoms with Crippen LogP contribution in [0.15, 0.2) is 41.5 Å². The van der Waals surface area contributed by atoms with Gasteiger partial charge < -0.3 is 10.1 Å². The molecule has 0 spiro atoms. The molecular formula is C13H8IN3O2. The Morgan fingerprint density at radius 1 is 1.21 bits per heavy atom. The van der Waals surface area contributed by atoms with Crippen LogP contribution in [0, 0.1) is 3.57 Å². The zero-order valence-electron chi connectivity index (χ0n) is 9.59. The first-order chi connectivity index (χ1) is 9.16. The number of nitrogens with one attached hydrogen (secondary N) is 1. The molecule has 0 atom stereocenters. The van der Waals surface area contributed by atoms with Crippen molar-refractivity contribution >= 4 is 33.4 Å². The molecule has 0 fully saturated rings. The Kier molecular flexibility index (Phi) is 2.94. The number of benzene rings is 1. The molecular weight excluding hydrogens is 357 g/mol. The van der Waals surface area contributed by atoms with Gasteiger partial charge in [0.25, 0.3) is 5.56 Å². The normalized spacial score (nSPS) is 10.8. The van der Waals surface area contributed by atoms with Crippen molar-refractivity contribution in [2.24, 2.45) is 0 Å². The van der Waals surface area contributed by atoms with E-state index in [2.05, 4.69) is 15.0 Å². The minimum Gasteiger partial charge on any atom is -0.492 e. The molecule has 2 aromatic heterocycles. The van der Waals surface area contributed by atoms with Crippen molar-refractivity contribution in [2.75, 3.05) is 0 Å². The van der Waals surface area contributed by atoms with Crippen LogP contribution in [0.2, 0.25) is 0 Å². The third-order valence-electron chi connectivity index (χ3n) is 2.77. The number of aromatic nitrogens is 3. The SMILES string of the molecule is O=c1[nH]c(-c2cncc3ccccc23)nc(O)c1I. The van der Waals surface area contributed by atoms with Gasteiger partial charge in [0.05, 0.1) is 0 Å². The quantitative estimate of drug-likeness (QED) is 0.649. The van der Waals surface area contributed by atoms with Gasteiger partial charge >= 0.3 is 0 Å². The van der Waals surface area contributed by atoms with E-state index >= 15 is 0 Å². The Bertz CT molecular complexity index is 824. The van der Waals surface area contributed by atoms with Crippen LogP contribution in [0.4, 0.5) is 0 Å². The van der Waals surface area contributed by atoms with Crippen LogP contribution in [0.1, 0.15) is 0 Å². The average Bonchev–Trinajstić information content (AvgIpc) is 2.43. The summed E-state index contributed by atoms with van der Waals surface area (Å²) in [6, 6.07) is 7.66. The van der Waals surface area contributed by atoms with Gasteiger partial charge in [-0.3, -0.25) is 9.78 Å². The van der Waals surface area contributed by atoms with Crippen LogP contribution in [0.3, 0.4) is 0 Å². The molecule has 3 aromatic rings. The number of aromatic hydroxyl groups is 1. The lowest BCUT2D eigenvalue weighted by Crippen LogP contribution is -2.12. The predicted octanol–water partition coefficient (Wildman–Crippen LogP) is 2.30. The molecule has 2 heterocycles. The van der Waals surface area contributed by atoms with Crippen LogP contribution < -0.4 is 5.56 Å². The molecule has 0 saturated heterocycles. The number of hydrogen-bond acceptors (Lipinski definition) is 4. The fourth-order valence-corrected chi connectivity index (χ4v) is 2.14. The highest BCUT2D eigenvalue weighted by Crippen LogP contribution is 2.25. The van der Waals surface area contributed by atoms with Gasteiger partial charge in [0.2, 0.25) is 5.88 Å². The summed E-state index contributed by atoms with van der Waals surface area (Å²) in [4.78, 5) is 22.5. The highest BCUT2D eigenvalue weighted by Gasteiger charge is 2.11. The summed E-state index contributed by atoms with van der Waals surface area (Å²) in [7, 11) is 0. The molecule has 0 aliphatic rings. The van der Waals surface area contributed by atoms with Gasteiger partial charge in [-0.25, -0.2) is 0 Å². The van der Waals surface area contributed by atoms with Crippen LogP contribution in [-0.4, -0.2) is 20.1 Å². The van der Waals surface area contributed by atoms with Gasteiger partial charge in [-0.1, -0.05) is 24.3 Å². The Morgan fingerprint density at radius 2 is 2.00 bits per heavy atom. The Hall–Kier alpha value is -1.96. The van der Waals surface area contributed by atoms with Crippen molar-refractivity contribution in [2.45, 2.75) is 0 Å². The zero-order chi connectivity index (χ0) is 13.4. The number of H-pyrrole nitrogens is 1. The predicted molar refractivity (Wildman–Crippen MR) is 80.0 cm³/mol. The summed E-state index contributed by atoms with van der Waals surface area (Å²) < 4.78 is 0.176. The van der Waals surface area contributed by atoms with Crippen LogP contribution in [0.25, 0.3) is 22.2 Å². The summed E-state index contributed by atoms with van der Waals surface area (Å²) >= 11 is 1.75. The first-order valence-electron chi connectivity index (χ1n) is 5.49. The van der Waals surface area contributed by atoms with Gasteiger partial charge in [-0.05, 0) is 28.0 Å². The highest BCUT2D eigenvalue weighted by atomic mass is 127. The molecule has 0 aliphatic carbocycles. The summed E-state index contributed by atoms with van der Waals surface area (Å²) in [6.07, 6.45) is 3.36. The van der Waals surface area contributed by atoms with E-state index in [0.717, 1.165) is 10.8 Å². The average molecular weight is 365 g/mol. The van der Waals surface area contributed by atoms with Crippen molar-refractivity contribution in [1.82, 2.24) is 15.0 Å². The lowest BCUT2D eigenvalue weighted by Gasteiger charge is -2.06. The van der Waals surface area contributed by atoms with Gasteiger partial charge in [-0.15, -0.1) is 0 Å². The first kappa shape index (κ1) is 12.1. The Balaban J connectivity index is 2.34. The molecule has 19 heavy (non-hydrogen) atoms. The van der Waals surface area contributed by atoms with Gasteiger partial charge in [0, 0.05) is 23.3 Å². The number of aromatic amines is 1. The largest absolute Gasteiger partial charge is 0.492 e. The van der Waals surface area contributed by atoms with Gasteiger partial charge in [-0.2, -0.15) is 4.98 Å². The summed E-state index contributed by atoms with van der Waals surface area (Å²) in [6.45, 7) is 0. The molecule has 0 bridgehead atoms. The fourth-order valence-electron chi connectivity index (χ4n) is 1.88. The van der Waals surface area contributed by atoms with Crippen molar-refractivity contribution in [3.05, 3.63) is 50.6 Å². The number of fused-ring (bicyclic) bond motifs is 1. The number of pyridine rings is 1. The molecule has 5 nitrogen and oxygen atoms in total. The van der Waals surface area contributed by atoms with Crippen molar-refractivity contribution in [1.29, 1.82) is 0 Å². The second-order valence-corrected chi connectivity index (χ2v) is 5.04. The van der Waals surface area contributed by atoms with E-state index in [4.69, 9.17) is 0 Å². The Labute approximate surface area is 121 Å². The third-order valence-corrected chi connectivity index (χ3v) is 3.74. The van der Waals surface area contributed by atoms with Crippen LogP contribution in [-0.2, 0) is 0 Å². The van der Waals surface area contributed by atoms with Crippen LogP contribution in [0.5, 0.6) is 5.88 Å². The molecule has 2 N–H and O–H groups in total. The lowest BCUT2D eigenvalue weighted by atomic mass is 10.1. The molecule has 1 aromatic carbocycles. The summed E-state index contributed by atoms with van der Waals surface area (Å²) in [5, 5.41) is 11.5. The van der Waals surface area contributed by atoms with Crippen molar-refractivity contribution in [3.63, 3.8) is 0 Å². The molecule has 0 unspecified atom stereocenters. The summed E-state index contributed by atoms with van der Waals surface area (Å²) in [5.74, 6) is 0.0412. The topological polar surface area (TPSA) is 78.9 Å². The Morgan fingerprint density at radius 3 is 2.79 bits per heavy atom. The fraction of sp³-hybridized carbons (Fsp3) is 0. The summed E-state index contributed by atoms with van der Waals surface area (Å²) in [5.41, 5.74) is 0.318. The molecule has 6 heteroatoms. The maximum absolute atomic E-state index is 11.7. The molecule has 3 rings (SSSR count). The smallest absolute Gasteiger partial charge is 0.268 e. The van der Waals surface area contributed by atoms with Gasteiger partial charge in [0.15, 0.2) is 0 Å². The van der Waals surface area contributed by atoms with E-state index in [1.807, 2.05) is 24.3 Å². The third kappa shape index (κ3) is 2.07. The number of hydrogen-bond donors (Lipinski definition) is 2. The van der Waals surface area contributed by atoms with Crippen molar-refractivity contribution in [3.8, 4) is 17.3 Å². The van der Waals surface area contributed by atoms with E-state index < -0.39 is 0 Å². The molecule has 0 amide bonds. The van der Waals surface area contributed by atoms with E-state index in [-0.39, 0.29) is 15.0 Å². The molecule has 94 valence electrons. The van der Waals surface area contributed by atoms with E-state index in [0.29, 0.717) is 11.4 Å². The monoisotopic (exact) mass is 365 g/mol. The zero-order valence-corrected chi connectivity index (χ0v) is 11.7. The molecule has 0 aliphatic heterocycles. The lowest BCUT2D eigenvalue weighted by molar-refractivity contribution is 0.447. The van der Waals surface area contributed by atoms with Crippen LogP contribution >= 0.6 is 22.6 Å². The number of halogens is 1. The maximum atomic E-state index is 11.7. The number of nitrogens with zero attached hydrogens (tertiary/aromatic N) is 2. The van der Waals surface area contributed by atoms with Crippen molar-refractivity contribution < 1.29 is 5.11 Å². The first-order valence-corrected chi connectivity index (χ1v) is 6.56. The maximum Gasteiger partial charge on any atom is 0.268 e. The van der Waals surface area contributed by atoms with E-state index in [9.17, 15) is 9.90 Å². The minimum absolute atomic E-state index is 0.176. The number of rotatable bonds is 1. The minimum atomic E-state index is -0.365. The van der Waals surface area contributed by atoms with Gasteiger partial charge in [0.1, 0.15) is 9.39 Å².